The molecule has 0 saturated heterocycles. The van der Waals surface area contributed by atoms with Gasteiger partial charge in [0, 0.05) is 0 Å². The maximum Gasteiger partial charge on any atom is 0.447 e. The highest BCUT2D eigenvalue weighted by Gasteiger charge is 2.38. The van der Waals surface area contributed by atoms with Crippen LogP contribution in [0.1, 0.15) is 13.8 Å². The Morgan fingerprint density at radius 2 is 1.24 bits per heavy atom. The summed E-state index contributed by atoms with van der Waals surface area (Å²) in [6.07, 6.45) is 0. The van der Waals surface area contributed by atoms with E-state index in [1.807, 2.05) is 50.2 Å². The van der Waals surface area contributed by atoms with Crippen molar-refractivity contribution in [1.82, 2.24) is 0 Å². The number of nitrogens with two attached hydrogens (primary N) is 1. The highest BCUT2D eigenvalue weighted by Crippen LogP contribution is 2.52. The third-order valence-electron chi connectivity index (χ3n) is 3.00. The second kappa shape index (κ2) is 6.79. The summed E-state index contributed by atoms with van der Waals surface area (Å²) in [5, 5.41) is 0. The molecule has 0 bridgehead atoms. The van der Waals surface area contributed by atoms with Crippen LogP contribution in [-0.2, 0) is 4.57 Å². The fourth-order valence-corrected chi connectivity index (χ4v) is 3.60. The number of rotatable bonds is 6. The average molecular weight is 305 g/mol. The molecule has 0 aromatic heterocycles. The minimum atomic E-state index is -3.53. The third kappa shape index (κ3) is 4.10. The van der Waals surface area contributed by atoms with E-state index in [9.17, 15) is 4.57 Å². The predicted molar refractivity (Wildman–Crippen MR) is 84.6 cm³/mol. The summed E-state index contributed by atoms with van der Waals surface area (Å²) in [5.74, 6) is 0.210. The second-order valence-electron chi connectivity index (χ2n) is 5.08. The molecule has 2 N–H and O–H groups in total. The van der Waals surface area contributed by atoms with Crippen LogP contribution in [0.25, 0.3) is 0 Å². The molecule has 0 aliphatic heterocycles. The first-order chi connectivity index (χ1) is 10.0. The second-order valence-corrected chi connectivity index (χ2v) is 7.12. The van der Waals surface area contributed by atoms with Crippen LogP contribution in [0.2, 0.25) is 0 Å². The van der Waals surface area contributed by atoms with Gasteiger partial charge in [-0.2, -0.15) is 0 Å². The van der Waals surface area contributed by atoms with E-state index in [4.69, 9.17) is 14.8 Å². The first-order valence-electron chi connectivity index (χ1n) is 6.86. The number of benzene rings is 2. The molecule has 2 rings (SSSR count). The average Bonchev–Trinajstić information content (AvgIpc) is 2.48. The van der Waals surface area contributed by atoms with E-state index in [2.05, 4.69) is 0 Å². The molecule has 4 nitrogen and oxygen atoms in total. The van der Waals surface area contributed by atoms with Crippen molar-refractivity contribution < 1.29 is 13.6 Å². The molecule has 2 aromatic rings. The van der Waals surface area contributed by atoms with Gasteiger partial charge in [0.2, 0.25) is 0 Å². The van der Waals surface area contributed by atoms with Gasteiger partial charge in [0.1, 0.15) is 17.3 Å². The normalized spacial score (nSPS) is 13.0. The van der Waals surface area contributed by atoms with Gasteiger partial charge in [-0.05, 0) is 30.2 Å². The topological polar surface area (TPSA) is 61.6 Å². The Morgan fingerprint density at radius 1 is 0.857 bits per heavy atom. The summed E-state index contributed by atoms with van der Waals surface area (Å²) >= 11 is 0. The molecule has 0 spiro atoms. The van der Waals surface area contributed by atoms with E-state index in [1.54, 1.807) is 24.3 Å². The fraction of sp³-hybridized carbons (Fsp3) is 0.250. The molecule has 0 aliphatic rings. The summed E-state index contributed by atoms with van der Waals surface area (Å²) in [6.45, 7) is 3.78. The lowest BCUT2D eigenvalue weighted by molar-refractivity contribution is 0.356. The Bertz CT molecular complexity index is 556. The maximum absolute atomic E-state index is 13.1. The third-order valence-corrected chi connectivity index (χ3v) is 5.26. The number of hydrogen-bond donors (Lipinski definition) is 1. The summed E-state index contributed by atoms with van der Waals surface area (Å²) in [7, 11) is -3.53. The van der Waals surface area contributed by atoms with Gasteiger partial charge in [-0.15, -0.1) is 0 Å². The molecule has 0 unspecified atom stereocenters. The van der Waals surface area contributed by atoms with Gasteiger partial charge in [0.25, 0.3) is 0 Å². The molecule has 0 heterocycles. The van der Waals surface area contributed by atoms with E-state index >= 15 is 0 Å². The molecule has 2 aromatic carbocycles. The van der Waals surface area contributed by atoms with E-state index in [0.29, 0.717) is 11.5 Å². The van der Waals surface area contributed by atoms with Gasteiger partial charge >= 0.3 is 7.60 Å². The Hall–Kier alpha value is -1.77. The Labute approximate surface area is 125 Å². The first-order valence-corrected chi connectivity index (χ1v) is 8.47. The van der Waals surface area contributed by atoms with Crippen molar-refractivity contribution in [2.24, 2.45) is 11.7 Å². The van der Waals surface area contributed by atoms with Crippen molar-refractivity contribution >= 4 is 7.60 Å². The van der Waals surface area contributed by atoms with Gasteiger partial charge in [0.05, 0.1) is 0 Å². The zero-order chi connectivity index (χ0) is 15.3. The summed E-state index contributed by atoms with van der Waals surface area (Å²) in [4.78, 5) is 0. The molecule has 0 fully saturated rings. The molecular formula is C16H20NO3P. The van der Waals surface area contributed by atoms with Gasteiger partial charge in [-0.25, -0.2) is 4.57 Å². The van der Waals surface area contributed by atoms with Gasteiger partial charge in [-0.1, -0.05) is 50.2 Å². The fourth-order valence-electron chi connectivity index (χ4n) is 1.76. The lowest BCUT2D eigenvalue weighted by atomic mass is 10.2. The van der Waals surface area contributed by atoms with Crippen LogP contribution in [0.4, 0.5) is 0 Å². The molecule has 0 amide bonds. The minimum Gasteiger partial charge on any atom is -0.415 e. The van der Waals surface area contributed by atoms with Crippen LogP contribution in [0.15, 0.2) is 60.7 Å². The highest BCUT2D eigenvalue weighted by atomic mass is 31.2. The highest BCUT2D eigenvalue weighted by molar-refractivity contribution is 7.55. The smallest absolute Gasteiger partial charge is 0.415 e. The van der Waals surface area contributed by atoms with Crippen LogP contribution in [0.5, 0.6) is 11.5 Å². The molecule has 0 radical (unpaired) electrons. The zero-order valence-electron chi connectivity index (χ0n) is 12.2. The SMILES string of the molecule is CC(C)[C@H](N)P(=O)(Oc1ccccc1)Oc1ccccc1. The summed E-state index contributed by atoms with van der Waals surface area (Å²) in [6, 6.07) is 17.9. The van der Waals surface area contributed by atoms with Crippen LogP contribution in [0, 0.1) is 5.92 Å². The Kier molecular flexibility index (Phi) is 5.05. The first kappa shape index (κ1) is 15.6. The van der Waals surface area contributed by atoms with Crippen molar-refractivity contribution in [3.8, 4) is 11.5 Å². The van der Waals surface area contributed by atoms with Crippen molar-refractivity contribution in [3.63, 3.8) is 0 Å². The Morgan fingerprint density at radius 3 is 1.57 bits per heavy atom. The maximum atomic E-state index is 13.1. The van der Waals surface area contributed by atoms with Gasteiger partial charge in [0.15, 0.2) is 0 Å². The number of hydrogen-bond acceptors (Lipinski definition) is 4. The molecular weight excluding hydrogens is 285 g/mol. The zero-order valence-corrected chi connectivity index (χ0v) is 13.1. The van der Waals surface area contributed by atoms with Crippen molar-refractivity contribution in [3.05, 3.63) is 60.7 Å². The van der Waals surface area contributed by atoms with E-state index < -0.39 is 13.4 Å². The largest absolute Gasteiger partial charge is 0.447 e. The van der Waals surface area contributed by atoms with E-state index in [-0.39, 0.29) is 5.92 Å². The van der Waals surface area contributed by atoms with Gasteiger partial charge < -0.3 is 14.8 Å². The summed E-state index contributed by atoms with van der Waals surface area (Å²) < 4.78 is 24.4. The predicted octanol–water partition coefficient (Wildman–Crippen LogP) is 4.28. The van der Waals surface area contributed by atoms with E-state index in [1.165, 1.54) is 0 Å². The quantitative estimate of drug-likeness (QED) is 0.809. The van der Waals surface area contributed by atoms with Crippen molar-refractivity contribution in [2.75, 3.05) is 0 Å². The lowest BCUT2D eigenvalue weighted by Crippen LogP contribution is -2.30. The standard InChI is InChI=1S/C16H20NO3P/c1-13(2)16(17)21(18,19-14-9-5-3-6-10-14)20-15-11-7-4-8-12-15/h3-13,16H,17H2,1-2H3/t16-/m1/s1. The summed E-state index contributed by atoms with van der Waals surface area (Å²) in [5.41, 5.74) is 6.08. The van der Waals surface area contributed by atoms with Crippen LogP contribution in [0.3, 0.4) is 0 Å². The molecule has 0 aliphatic carbocycles. The van der Waals surface area contributed by atoms with Crippen LogP contribution in [-0.4, -0.2) is 5.78 Å². The molecule has 21 heavy (non-hydrogen) atoms. The molecule has 1 atom stereocenters. The van der Waals surface area contributed by atoms with Crippen molar-refractivity contribution in [2.45, 2.75) is 19.6 Å². The van der Waals surface area contributed by atoms with E-state index in [0.717, 1.165) is 0 Å². The number of para-hydroxylation sites is 2. The van der Waals surface area contributed by atoms with Crippen LogP contribution < -0.4 is 14.8 Å². The molecule has 112 valence electrons. The van der Waals surface area contributed by atoms with Crippen LogP contribution >= 0.6 is 7.60 Å². The molecule has 5 heteroatoms. The lowest BCUT2D eigenvalue weighted by Gasteiger charge is -2.27. The molecule has 0 saturated carbocycles. The Balaban J connectivity index is 2.28. The minimum absolute atomic E-state index is 0.0387. The van der Waals surface area contributed by atoms with Crippen molar-refractivity contribution in [1.29, 1.82) is 0 Å². The van der Waals surface area contributed by atoms with Gasteiger partial charge in [-0.3, -0.25) is 0 Å². The monoisotopic (exact) mass is 305 g/mol.